The highest BCUT2D eigenvalue weighted by atomic mass is 79.9. The van der Waals surface area contributed by atoms with Crippen molar-refractivity contribution in [2.75, 3.05) is 5.32 Å². The Hall–Kier alpha value is -2.55. The number of benzene rings is 1. The maximum Gasteiger partial charge on any atom is 0.253 e. The fourth-order valence-corrected chi connectivity index (χ4v) is 2.12. The normalized spacial score (nSPS) is 12.1. The van der Waals surface area contributed by atoms with Gasteiger partial charge < -0.3 is 4.52 Å². The van der Waals surface area contributed by atoms with E-state index in [1.807, 2.05) is 24.3 Å². The lowest BCUT2D eigenvalue weighted by atomic mass is 10.2. The number of hydrogen-bond acceptors (Lipinski definition) is 6. The number of tetrazole rings is 1. The van der Waals surface area contributed by atoms with E-state index in [2.05, 4.69) is 41.8 Å². The molecule has 1 unspecified atom stereocenters. The van der Waals surface area contributed by atoms with Gasteiger partial charge in [0.2, 0.25) is 11.7 Å². The molecule has 0 aliphatic heterocycles. The molecule has 0 saturated carbocycles. The Balaban J connectivity index is 1.73. The van der Waals surface area contributed by atoms with Gasteiger partial charge >= 0.3 is 0 Å². The molecule has 9 heteroatoms. The van der Waals surface area contributed by atoms with Crippen LogP contribution in [0.2, 0.25) is 0 Å². The van der Waals surface area contributed by atoms with E-state index in [-0.39, 0.29) is 11.8 Å². The number of hydrogen-bond donors (Lipinski definition) is 1. The van der Waals surface area contributed by atoms with Crippen LogP contribution in [0.25, 0.3) is 11.4 Å². The number of amides is 1. The van der Waals surface area contributed by atoms with E-state index >= 15 is 0 Å². The number of rotatable bonds is 4. The average Bonchev–Trinajstić information content (AvgIpc) is 3.16. The maximum absolute atomic E-state index is 12.2. The van der Waals surface area contributed by atoms with E-state index in [1.54, 1.807) is 19.9 Å². The molecule has 0 bridgehead atoms. The van der Waals surface area contributed by atoms with Crippen molar-refractivity contribution < 1.29 is 9.32 Å². The molecule has 118 valence electrons. The first-order valence-electron chi connectivity index (χ1n) is 6.82. The molecule has 0 radical (unpaired) electrons. The first-order chi connectivity index (χ1) is 11.0. The number of carbonyl (C=O) groups excluding carboxylic acids is 1. The number of aromatic nitrogens is 5. The third kappa shape index (κ3) is 3.45. The van der Waals surface area contributed by atoms with Gasteiger partial charge in [0.1, 0.15) is 6.04 Å². The summed E-state index contributed by atoms with van der Waals surface area (Å²) in [4.78, 5) is 13.4. The van der Waals surface area contributed by atoms with E-state index in [1.165, 1.54) is 4.80 Å². The van der Waals surface area contributed by atoms with E-state index in [4.69, 9.17) is 4.52 Å². The molecular weight excluding hydrogens is 364 g/mol. The lowest BCUT2D eigenvalue weighted by Gasteiger charge is -2.08. The van der Waals surface area contributed by atoms with Crippen molar-refractivity contribution in [1.29, 1.82) is 0 Å². The van der Waals surface area contributed by atoms with Crippen molar-refractivity contribution >= 4 is 27.7 Å². The SMILES string of the molecule is Cc1cc(NC(=O)C(C)n2nnc(-c3ccc(Br)cc3)n2)on1. The van der Waals surface area contributed by atoms with Crippen molar-refractivity contribution in [3.63, 3.8) is 0 Å². The van der Waals surface area contributed by atoms with Crippen LogP contribution in [0.5, 0.6) is 0 Å². The number of nitrogens with one attached hydrogen (secondary N) is 1. The van der Waals surface area contributed by atoms with Gasteiger partial charge in [0.25, 0.3) is 5.91 Å². The molecule has 0 aliphatic rings. The van der Waals surface area contributed by atoms with Crippen LogP contribution in [-0.2, 0) is 4.79 Å². The van der Waals surface area contributed by atoms with Gasteiger partial charge in [0.15, 0.2) is 0 Å². The van der Waals surface area contributed by atoms with E-state index in [0.29, 0.717) is 11.5 Å². The zero-order chi connectivity index (χ0) is 16.4. The van der Waals surface area contributed by atoms with Crippen LogP contribution in [0.3, 0.4) is 0 Å². The molecule has 3 rings (SSSR count). The number of carbonyl (C=O) groups is 1. The Morgan fingerprint density at radius 1 is 1.35 bits per heavy atom. The van der Waals surface area contributed by atoms with E-state index < -0.39 is 6.04 Å². The predicted molar refractivity (Wildman–Crippen MR) is 85.5 cm³/mol. The standard InChI is InChI=1S/C14H13BrN6O2/c1-8-7-12(23-19-8)16-14(22)9(2)21-18-13(17-20-21)10-3-5-11(15)6-4-10/h3-7,9H,1-2H3,(H,16,22). The minimum atomic E-state index is -0.642. The topological polar surface area (TPSA) is 98.7 Å². The van der Waals surface area contributed by atoms with Crippen LogP contribution in [0.4, 0.5) is 5.88 Å². The molecule has 1 aromatic carbocycles. The van der Waals surface area contributed by atoms with Gasteiger partial charge in [0.05, 0.1) is 5.69 Å². The van der Waals surface area contributed by atoms with Gasteiger partial charge in [-0.3, -0.25) is 10.1 Å². The first-order valence-corrected chi connectivity index (χ1v) is 7.62. The fraction of sp³-hybridized carbons (Fsp3) is 0.214. The average molecular weight is 377 g/mol. The van der Waals surface area contributed by atoms with Crippen LogP contribution in [0.15, 0.2) is 39.3 Å². The molecular formula is C14H13BrN6O2. The van der Waals surface area contributed by atoms with Crippen LogP contribution in [0, 0.1) is 6.92 Å². The molecule has 1 atom stereocenters. The predicted octanol–water partition coefficient (Wildman–Crippen LogP) is 2.60. The Labute approximate surface area is 140 Å². The molecule has 23 heavy (non-hydrogen) atoms. The highest BCUT2D eigenvalue weighted by Crippen LogP contribution is 2.18. The van der Waals surface area contributed by atoms with Crippen molar-refractivity contribution in [3.8, 4) is 11.4 Å². The number of anilines is 1. The minimum absolute atomic E-state index is 0.285. The van der Waals surface area contributed by atoms with Crippen molar-refractivity contribution in [3.05, 3.63) is 40.5 Å². The van der Waals surface area contributed by atoms with Gasteiger partial charge in [-0.1, -0.05) is 21.1 Å². The van der Waals surface area contributed by atoms with Crippen LogP contribution >= 0.6 is 15.9 Å². The molecule has 3 aromatic rings. The van der Waals surface area contributed by atoms with Gasteiger partial charge in [-0.05, 0) is 43.3 Å². The van der Waals surface area contributed by atoms with Crippen LogP contribution in [0.1, 0.15) is 18.7 Å². The van der Waals surface area contributed by atoms with Gasteiger partial charge in [-0.25, -0.2) is 0 Å². The van der Waals surface area contributed by atoms with Gasteiger partial charge in [-0.2, -0.15) is 4.80 Å². The van der Waals surface area contributed by atoms with E-state index in [9.17, 15) is 4.79 Å². The lowest BCUT2D eigenvalue weighted by molar-refractivity contribution is -0.119. The molecule has 0 saturated heterocycles. The Kier molecular flexibility index (Phi) is 4.20. The highest BCUT2D eigenvalue weighted by Gasteiger charge is 2.20. The summed E-state index contributed by atoms with van der Waals surface area (Å²) in [6.07, 6.45) is 0. The van der Waals surface area contributed by atoms with E-state index in [0.717, 1.165) is 10.0 Å². The molecule has 2 heterocycles. The Morgan fingerprint density at radius 2 is 2.09 bits per heavy atom. The number of halogens is 1. The van der Waals surface area contributed by atoms with Gasteiger partial charge in [0, 0.05) is 16.1 Å². The summed E-state index contributed by atoms with van der Waals surface area (Å²) in [6, 6.07) is 8.50. The van der Waals surface area contributed by atoms with Crippen molar-refractivity contribution in [2.24, 2.45) is 0 Å². The zero-order valence-electron chi connectivity index (χ0n) is 12.4. The van der Waals surface area contributed by atoms with Crippen LogP contribution < -0.4 is 5.32 Å². The van der Waals surface area contributed by atoms with Crippen molar-refractivity contribution in [1.82, 2.24) is 25.4 Å². The second-order valence-electron chi connectivity index (χ2n) is 4.94. The zero-order valence-corrected chi connectivity index (χ0v) is 14.0. The smallest absolute Gasteiger partial charge is 0.253 e. The second-order valence-corrected chi connectivity index (χ2v) is 5.85. The Morgan fingerprint density at radius 3 is 2.74 bits per heavy atom. The Bertz CT molecular complexity index is 826. The quantitative estimate of drug-likeness (QED) is 0.751. The minimum Gasteiger partial charge on any atom is -0.338 e. The monoisotopic (exact) mass is 376 g/mol. The summed E-state index contributed by atoms with van der Waals surface area (Å²) in [5.41, 5.74) is 1.50. The second kappa shape index (κ2) is 6.29. The molecule has 1 amide bonds. The summed E-state index contributed by atoms with van der Waals surface area (Å²) >= 11 is 3.37. The molecule has 0 aliphatic carbocycles. The third-order valence-corrected chi connectivity index (χ3v) is 3.66. The van der Waals surface area contributed by atoms with Gasteiger partial charge in [-0.15, -0.1) is 10.2 Å². The summed E-state index contributed by atoms with van der Waals surface area (Å²) in [7, 11) is 0. The number of aryl methyl sites for hydroxylation is 1. The molecule has 0 spiro atoms. The van der Waals surface area contributed by atoms with Crippen molar-refractivity contribution in [2.45, 2.75) is 19.9 Å². The first kappa shape index (κ1) is 15.3. The molecule has 2 aromatic heterocycles. The molecule has 0 fully saturated rings. The third-order valence-electron chi connectivity index (χ3n) is 3.13. The fourth-order valence-electron chi connectivity index (χ4n) is 1.86. The lowest BCUT2D eigenvalue weighted by Crippen LogP contribution is -2.25. The summed E-state index contributed by atoms with van der Waals surface area (Å²) < 4.78 is 5.92. The maximum atomic E-state index is 12.2. The summed E-state index contributed by atoms with van der Waals surface area (Å²) in [6.45, 7) is 3.44. The number of nitrogens with zero attached hydrogens (tertiary/aromatic N) is 5. The highest BCUT2D eigenvalue weighted by molar-refractivity contribution is 9.10. The van der Waals surface area contributed by atoms with Crippen LogP contribution in [-0.4, -0.2) is 31.3 Å². The molecule has 8 nitrogen and oxygen atoms in total. The summed E-state index contributed by atoms with van der Waals surface area (Å²) in [5.74, 6) is 0.418. The molecule has 1 N–H and O–H groups in total. The largest absolute Gasteiger partial charge is 0.338 e. The summed E-state index contributed by atoms with van der Waals surface area (Å²) in [5, 5.41) is 18.5.